The number of rotatable bonds is 40. The summed E-state index contributed by atoms with van der Waals surface area (Å²) in [5.41, 5.74) is 3.23. The summed E-state index contributed by atoms with van der Waals surface area (Å²) in [7, 11) is -4.98. The van der Waals surface area contributed by atoms with Crippen LogP contribution in [0.5, 0.6) is 0 Å². The van der Waals surface area contributed by atoms with E-state index in [1.807, 2.05) is 18.2 Å². The Hall–Kier alpha value is -2.08. The van der Waals surface area contributed by atoms with Gasteiger partial charge in [0.15, 0.2) is 6.10 Å². The minimum Gasteiger partial charge on any atom is -0.756 e. The van der Waals surface area contributed by atoms with Crippen LogP contribution in [-0.4, -0.2) is 49.9 Å². The van der Waals surface area contributed by atoms with E-state index in [1.54, 1.807) is 0 Å². The number of carbonyl (C=O) groups excluding carboxylic acids is 3. The molecule has 0 bridgehead atoms. The van der Waals surface area contributed by atoms with Crippen molar-refractivity contribution in [2.45, 2.75) is 180 Å². The van der Waals surface area contributed by atoms with Gasteiger partial charge in [-0.15, -0.1) is 0 Å². The molecule has 11 nitrogen and oxygen atoms in total. The number of quaternary nitrogens is 1. The van der Waals surface area contributed by atoms with Crippen LogP contribution < -0.4 is 45.3 Å². The summed E-state index contributed by atoms with van der Waals surface area (Å²) >= 11 is 0. The van der Waals surface area contributed by atoms with E-state index in [2.05, 4.69) is 78.8 Å². The first kappa shape index (κ1) is 59.0. The van der Waals surface area contributed by atoms with Crippen molar-refractivity contribution in [2.75, 3.05) is 19.8 Å². The minimum absolute atomic E-state index is 0. The molecule has 0 aliphatic carbocycles. The monoisotopic (exact) mass is 858 g/mol. The zero-order chi connectivity index (χ0) is 42.8. The second-order valence-corrected chi connectivity index (χ2v) is 15.9. The molecule has 0 saturated heterocycles. The summed E-state index contributed by atoms with van der Waals surface area (Å²) in [6.45, 7) is 2.51. The second kappa shape index (κ2) is 44.0. The van der Waals surface area contributed by atoms with E-state index >= 15 is 0 Å². The molecule has 3 N–H and O–H groups in total. The first-order valence-electron chi connectivity index (χ1n) is 22.0. The Balaban J connectivity index is 0. The Bertz CT molecular complexity index is 1270. The van der Waals surface area contributed by atoms with Crippen molar-refractivity contribution in [2.24, 2.45) is 0 Å². The summed E-state index contributed by atoms with van der Waals surface area (Å²) in [5.74, 6) is -2.69. The fourth-order valence-electron chi connectivity index (χ4n) is 5.56. The number of carboxylic acid groups (broad SMARTS) is 1. The summed E-state index contributed by atoms with van der Waals surface area (Å²) in [6, 6.07) is -1.44. The van der Waals surface area contributed by atoms with Crippen LogP contribution in [0.15, 0.2) is 72.9 Å². The van der Waals surface area contributed by atoms with Crippen molar-refractivity contribution in [3.63, 3.8) is 0 Å². The van der Waals surface area contributed by atoms with Gasteiger partial charge in [-0.2, -0.15) is 0 Å². The predicted molar refractivity (Wildman–Crippen MR) is 229 cm³/mol. The zero-order valence-corrected chi connectivity index (χ0v) is 39.8. The van der Waals surface area contributed by atoms with Crippen LogP contribution in [0.2, 0.25) is 0 Å². The van der Waals surface area contributed by atoms with Crippen LogP contribution in [-0.2, 0) is 37.5 Å². The summed E-state index contributed by atoms with van der Waals surface area (Å²) in [6.07, 6.45) is 48.2. The van der Waals surface area contributed by atoms with E-state index in [0.29, 0.717) is 19.3 Å². The standard InChI is InChI=1S/C46H78NO10P.Na/c1-3-5-7-9-11-13-15-17-19-20-21-22-24-26-28-30-32-34-36-38-45(49)57-42(40-55-58(52,53)56-41-43(47)46(50)51)39-54-44(48)37-35-33-31-29-27-25-23-18-16-14-12-10-8-6-4-2;/h5,7,11,13,17,19,21-22,26,28,32,34,42-43H,3-4,6,8-10,12,14-16,18,20,23-25,27,29-31,33,35-41,47H2,1-2H3,(H,50,51)(H,52,53);/q;+1/p-1/b7-5-,13-11-,19-17-,22-21-,28-26-,34-32-;/t42-,43+;/m1./s1. The molecule has 59 heavy (non-hydrogen) atoms. The fourth-order valence-corrected chi connectivity index (χ4v) is 6.35. The first-order chi connectivity index (χ1) is 28.1. The zero-order valence-electron chi connectivity index (χ0n) is 36.9. The van der Waals surface area contributed by atoms with Crippen LogP contribution in [0, 0.1) is 0 Å². The smallest absolute Gasteiger partial charge is 0.756 e. The number of ether oxygens (including phenoxy) is 2. The van der Waals surface area contributed by atoms with Gasteiger partial charge in [0.1, 0.15) is 25.2 Å². The molecule has 0 amide bonds. The van der Waals surface area contributed by atoms with Gasteiger partial charge in [-0.1, -0.05) is 177 Å². The maximum atomic E-state index is 12.6. The van der Waals surface area contributed by atoms with Crippen LogP contribution >= 0.6 is 7.82 Å². The Morgan fingerprint density at radius 1 is 0.559 bits per heavy atom. The Morgan fingerprint density at radius 3 is 1.41 bits per heavy atom. The summed E-state index contributed by atoms with van der Waals surface area (Å²) < 4.78 is 32.3. The number of hydrogen-bond donors (Lipinski definition) is 1. The number of hydrogen-bond acceptors (Lipinski definition) is 10. The quantitative estimate of drug-likeness (QED) is 0.0251. The van der Waals surface area contributed by atoms with Gasteiger partial charge in [-0.05, 0) is 51.4 Å². The number of phosphoric acid groups is 1. The van der Waals surface area contributed by atoms with Gasteiger partial charge >= 0.3 is 41.5 Å². The average Bonchev–Trinajstić information content (AvgIpc) is 3.20. The molecule has 0 heterocycles. The van der Waals surface area contributed by atoms with Crippen LogP contribution in [0.25, 0.3) is 0 Å². The van der Waals surface area contributed by atoms with Gasteiger partial charge in [-0.3, -0.25) is 14.2 Å². The molecule has 0 radical (unpaired) electrons. The largest absolute Gasteiger partial charge is 1.00 e. The normalized spacial score (nSPS) is 14.2. The van der Waals surface area contributed by atoms with Crippen LogP contribution in [0.1, 0.15) is 168 Å². The maximum Gasteiger partial charge on any atom is 1.00 e. The molecule has 0 aliphatic rings. The minimum atomic E-state index is -4.98. The molecule has 3 atom stereocenters. The van der Waals surface area contributed by atoms with Gasteiger partial charge < -0.3 is 39.0 Å². The van der Waals surface area contributed by atoms with Gasteiger partial charge in [0.2, 0.25) is 0 Å². The van der Waals surface area contributed by atoms with E-state index in [0.717, 1.165) is 51.4 Å². The van der Waals surface area contributed by atoms with E-state index in [-0.39, 0.29) is 42.4 Å². The fraction of sp³-hybridized carbons (Fsp3) is 0.674. The number of carboxylic acids is 1. The molecule has 0 fully saturated rings. The molecular weight excluding hydrogens is 780 g/mol. The first-order valence-corrected chi connectivity index (χ1v) is 23.5. The van der Waals surface area contributed by atoms with Gasteiger partial charge in [-0.25, -0.2) is 0 Å². The SMILES string of the molecule is CC/C=C\C/C=C\C/C=C\C/C=C\C/C=C\C/C=C\CCC(=O)O[C@H](COC(=O)CCCCCCCCCCCCCCCCC)COP(=O)([O-])OC[C@H]([NH3+])C(=O)[O-].[Na+]. The third-order valence-electron chi connectivity index (χ3n) is 9.01. The van der Waals surface area contributed by atoms with Crippen molar-refractivity contribution < 1.29 is 82.8 Å². The number of phosphoric ester groups is 1. The molecule has 1 unspecified atom stereocenters. The number of esters is 2. The van der Waals surface area contributed by atoms with Crippen LogP contribution in [0.4, 0.5) is 0 Å². The molecule has 0 aliphatic heterocycles. The molecule has 332 valence electrons. The van der Waals surface area contributed by atoms with Crippen molar-refractivity contribution in [1.82, 2.24) is 0 Å². The third kappa shape index (κ3) is 43.8. The number of carbonyl (C=O) groups is 3. The number of unbranched alkanes of at least 4 members (excludes halogenated alkanes) is 14. The number of aliphatic carboxylic acids is 1. The molecule has 0 rings (SSSR count). The molecule has 0 aromatic heterocycles. The van der Waals surface area contributed by atoms with Crippen molar-refractivity contribution >= 4 is 25.7 Å². The summed E-state index contributed by atoms with van der Waals surface area (Å²) in [5, 5.41) is 10.8. The van der Waals surface area contributed by atoms with Crippen molar-refractivity contribution in [1.29, 1.82) is 0 Å². The maximum absolute atomic E-state index is 12.6. The molecule has 0 aromatic carbocycles. The van der Waals surface area contributed by atoms with Crippen molar-refractivity contribution in [3.8, 4) is 0 Å². The molecule has 0 spiro atoms. The predicted octanol–water partition coefficient (Wildman–Crippen LogP) is 6.05. The van der Waals surface area contributed by atoms with E-state index in [9.17, 15) is 28.9 Å². The third-order valence-corrected chi connectivity index (χ3v) is 9.94. The molecule has 0 saturated carbocycles. The van der Waals surface area contributed by atoms with Crippen LogP contribution in [0.3, 0.4) is 0 Å². The van der Waals surface area contributed by atoms with Gasteiger partial charge in [0.05, 0.1) is 6.61 Å². The molecule has 13 heteroatoms. The van der Waals surface area contributed by atoms with E-state index in [4.69, 9.17) is 14.0 Å². The number of allylic oxidation sites excluding steroid dienone is 12. The topological polar surface area (TPSA) is 179 Å². The van der Waals surface area contributed by atoms with E-state index < -0.39 is 57.7 Å². The second-order valence-electron chi connectivity index (χ2n) is 14.5. The van der Waals surface area contributed by atoms with Crippen molar-refractivity contribution in [3.05, 3.63) is 72.9 Å². The van der Waals surface area contributed by atoms with E-state index in [1.165, 1.54) is 70.6 Å². The Kier molecular flexibility index (Phi) is 44.0. The molecular formula is C46H77NNaO10P. The van der Waals surface area contributed by atoms with Gasteiger partial charge in [0.25, 0.3) is 7.82 Å². The summed E-state index contributed by atoms with van der Waals surface area (Å²) in [4.78, 5) is 48.0. The molecule has 0 aromatic rings. The average molecular weight is 858 g/mol. The Morgan fingerprint density at radius 2 is 0.966 bits per heavy atom. The Labute approximate surface area is 379 Å². The van der Waals surface area contributed by atoms with Gasteiger partial charge in [0, 0.05) is 12.8 Å².